The minimum absolute atomic E-state index is 0.302. The van der Waals surface area contributed by atoms with Crippen molar-refractivity contribution in [3.8, 4) is 0 Å². The van der Waals surface area contributed by atoms with Gasteiger partial charge in [0, 0.05) is 6.20 Å². The van der Waals surface area contributed by atoms with E-state index in [9.17, 15) is 9.59 Å². The van der Waals surface area contributed by atoms with Crippen LogP contribution in [-0.4, -0.2) is 15.5 Å². The van der Waals surface area contributed by atoms with E-state index >= 15 is 0 Å². The summed E-state index contributed by atoms with van der Waals surface area (Å²) in [4.78, 5) is 26.4. The van der Waals surface area contributed by atoms with E-state index in [1.165, 1.54) is 17.1 Å². The molecule has 14 heavy (non-hydrogen) atoms. The lowest BCUT2D eigenvalue weighted by Gasteiger charge is -2.12. The molecule has 0 saturated carbocycles. The summed E-state index contributed by atoms with van der Waals surface area (Å²) in [6.07, 6.45) is 2.65. The maximum Gasteiger partial charge on any atom is 0.268 e. The van der Waals surface area contributed by atoms with Crippen LogP contribution in [0.15, 0.2) is 21.8 Å². The van der Waals surface area contributed by atoms with Gasteiger partial charge in [-0.15, -0.1) is 0 Å². The number of hydrazine groups is 1. The van der Waals surface area contributed by atoms with E-state index in [1.54, 1.807) is 6.92 Å². The minimum atomic E-state index is -0.683. The zero-order valence-corrected chi connectivity index (χ0v) is 8.98. The van der Waals surface area contributed by atoms with Crippen LogP contribution in [0.5, 0.6) is 0 Å². The van der Waals surface area contributed by atoms with Gasteiger partial charge in [0.2, 0.25) is 0 Å². The summed E-state index contributed by atoms with van der Waals surface area (Å²) in [5, 5.41) is 0. The molecule has 1 unspecified atom stereocenters. The highest BCUT2D eigenvalue weighted by Gasteiger charge is 2.15. The normalized spacial score (nSPS) is 12.2. The zero-order valence-electron chi connectivity index (χ0n) is 7.40. The number of aromatic nitrogens is 2. The first kappa shape index (κ1) is 10.9. The molecule has 0 bridgehead atoms. The van der Waals surface area contributed by atoms with Gasteiger partial charge in [-0.1, -0.05) is 0 Å². The third-order valence-electron chi connectivity index (χ3n) is 1.76. The van der Waals surface area contributed by atoms with Crippen LogP contribution in [0.3, 0.4) is 0 Å². The highest BCUT2D eigenvalue weighted by molar-refractivity contribution is 9.10. The van der Waals surface area contributed by atoms with Crippen molar-refractivity contribution in [3.63, 3.8) is 0 Å². The Morgan fingerprint density at radius 3 is 3.00 bits per heavy atom. The monoisotopic (exact) mass is 260 g/mol. The minimum Gasteiger partial charge on any atom is -0.292 e. The molecule has 0 spiro atoms. The summed E-state index contributed by atoms with van der Waals surface area (Å²) in [6, 6.07) is -0.683. The maximum absolute atomic E-state index is 11.5. The second-order valence-corrected chi connectivity index (χ2v) is 3.49. The van der Waals surface area contributed by atoms with Gasteiger partial charge >= 0.3 is 0 Å². The fraction of sp³-hybridized carbons (Fsp3) is 0.286. The van der Waals surface area contributed by atoms with E-state index in [2.05, 4.69) is 20.9 Å². The molecule has 1 aromatic rings. The van der Waals surface area contributed by atoms with Crippen LogP contribution in [0.4, 0.5) is 0 Å². The molecule has 0 fully saturated rings. The molecule has 6 nitrogen and oxygen atoms in total. The summed E-state index contributed by atoms with van der Waals surface area (Å²) in [5.74, 6) is 4.50. The number of nitrogens with two attached hydrogens (primary N) is 1. The number of hydrogen-bond acceptors (Lipinski definition) is 4. The van der Waals surface area contributed by atoms with E-state index in [0.717, 1.165) is 0 Å². The van der Waals surface area contributed by atoms with Gasteiger partial charge in [-0.25, -0.2) is 10.8 Å². The zero-order chi connectivity index (χ0) is 10.7. The van der Waals surface area contributed by atoms with Gasteiger partial charge in [-0.3, -0.25) is 19.6 Å². The topological polar surface area (TPSA) is 90.0 Å². The molecule has 0 aliphatic carbocycles. The van der Waals surface area contributed by atoms with E-state index in [1.807, 2.05) is 5.43 Å². The Kier molecular flexibility index (Phi) is 3.37. The van der Waals surface area contributed by atoms with Crippen molar-refractivity contribution in [3.05, 3.63) is 27.4 Å². The lowest BCUT2D eigenvalue weighted by Crippen LogP contribution is -2.39. The standard InChI is InChI=1S/C7H9BrN4O2/c1-4(6(13)11-9)12-3-10-2-5(8)7(12)14/h2-4H,9H2,1H3,(H,11,13). The number of nitrogens with zero attached hydrogens (tertiary/aromatic N) is 2. The first-order valence-corrected chi connectivity index (χ1v) is 4.59. The highest BCUT2D eigenvalue weighted by Crippen LogP contribution is 2.04. The predicted molar refractivity (Wildman–Crippen MR) is 53.2 cm³/mol. The van der Waals surface area contributed by atoms with Gasteiger partial charge in [0.1, 0.15) is 10.5 Å². The molecule has 1 rings (SSSR count). The van der Waals surface area contributed by atoms with Crippen molar-refractivity contribution < 1.29 is 4.79 Å². The Labute approximate surface area is 88.2 Å². The van der Waals surface area contributed by atoms with Gasteiger partial charge in [0.25, 0.3) is 11.5 Å². The van der Waals surface area contributed by atoms with Crippen LogP contribution in [0.2, 0.25) is 0 Å². The number of carbonyl (C=O) groups excluding carboxylic acids is 1. The number of carbonyl (C=O) groups is 1. The summed E-state index contributed by atoms with van der Waals surface area (Å²) >= 11 is 3.03. The van der Waals surface area contributed by atoms with Gasteiger partial charge in [-0.05, 0) is 22.9 Å². The Bertz CT molecular complexity index is 403. The van der Waals surface area contributed by atoms with Crippen molar-refractivity contribution in [1.82, 2.24) is 15.0 Å². The Hall–Kier alpha value is -1.21. The molecule has 1 amide bonds. The molecular weight excluding hydrogens is 252 g/mol. The second kappa shape index (κ2) is 4.34. The number of hydrogen-bond donors (Lipinski definition) is 2. The van der Waals surface area contributed by atoms with Gasteiger partial charge < -0.3 is 0 Å². The van der Waals surface area contributed by atoms with E-state index in [0.29, 0.717) is 4.47 Å². The molecule has 0 aliphatic heterocycles. The molecule has 0 aromatic carbocycles. The predicted octanol–water partition coefficient (Wildman–Crippen LogP) is -0.443. The molecule has 0 saturated heterocycles. The molecule has 1 atom stereocenters. The summed E-state index contributed by atoms with van der Waals surface area (Å²) < 4.78 is 1.49. The van der Waals surface area contributed by atoms with Crippen LogP contribution < -0.4 is 16.8 Å². The second-order valence-electron chi connectivity index (χ2n) is 2.64. The molecule has 3 N–H and O–H groups in total. The highest BCUT2D eigenvalue weighted by atomic mass is 79.9. The number of rotatable bonds is 2. The lowest BCUT2D eigenvalue weighted by atomic mass is 10.3. The van der Waals surface area contributed by atoms with E-state index in [-0.39, 0.29) is 5.56 Å². The smallest absolute Gasteiger partial charge is 0.268 e. The fourth-order valence-corrected chi connectivity index (χ4v) is 1.25. The van der Waals surface area contributed by atoms with Crippen molar-refractivity contribution in [1.29, 1.82) is 0 Å². The molecule has 76 valence electrons. The van der Waals surface area contributed by atoms with Crippen LogP contribution >= 0.6 is 15.9 Å². The Balaban J connectivity index is 3.14. The average molecular weight is 261 g/mol. The molecule has 7 heteroatoms. The van der Waals surface area contributed by atoms with Crippen molar-refractivity contribution in [2.24, 2.45) is 5.84 Å². The molecule has 1 heterocycles. The van der Waals surface area contributed by atoms with Crippen LogP contribution in [0.1, 0.15) is 13.0 Å². The Morgan fingerprint density at radius 2 is 2.43 bits per heavy atom. The third-order valence-corrected chi connectivity index (χ3v) is 2.30. The molecular formula is C7H9BrN4O2. The summed E-state index contributed by atoms with van der Waals surface area (Å²) in [7, 11) is 0. The first-order chi connectivity index (χ1) is 6.57. The molecule has 0 radical (unpaired) electrons. The summed E-state index contributed by atoms with van der Waals surface area (Å²) in [6.45, 7) is 1.55. The Morgan fingerprint density at radius 1 is 1.79 bits per heavy atom. The average Bonchev–Trinajstić information content (AvgIpc) is 2.20. The quantitative estimate of drug-likeness (QED) is 0.429. The van der Waals surface area contributed by atoms with Crippen LogP contribution in [0.25, 0.3) is 0 Å². The van der Waals surface area contributed by atoms with Gasteiger partial charge in [0.15, 0.2) is 0 Å². The summed E-state index contributed by atoms with van der Waals surface area (Å²) in [5.41, 5.74) is 1.65. The SMILES string of the molecule is CC(C(=O)NN)n1cncc(Br)c1=O. The maximum atomic E-state index is 11.5. The molecule has 0 aliphatic rings. The van der Waals surface area contributed by atoms with E-state index in [4.69, 9.17) is 5.84 Å². The number of nitrogens with one attached hydrogen (secondary N) is 1. The number of halogens is 1. The lowest BCUT2D eigenvalue weighted by molar-refractivity contribution is -0.124. The van der Waals surface area contributed by atoms with Crippen LogP contribution in [0, 0.1) is 0 Å². The van der Waals surface area contributed by atoms with Crippen molar-refractivity contribution >= 4 is 21.8 Å². The van der Waals surface area contributed by atoms with E-state index < -0.39 is 11.9 Å². The van der Waals surface area contributed by atoms with Crippen molar-refractivity contribution in [2.75, 3.05) is 0 Å². The first-order valence-electron chi connectivity index (χ1n) is 3.80. The fourth-order valence-electron chi connectivity index (χ4n) is 0.924. The number of amides is 1. The van der Waals surface area contributed by atoms with Gasteiger partial charge in [-0.2, -0.15) is 0 Å². The molecule has 1 aromatic heterocycles. The van der Waals surface area contributed by atoms with Crippen molar-refractivity contribution in [2.45, 2.75) is 13.0 Å². The van der Waals surface area contributed by atoms with Gasteiger partial charge in [0.05, 0.1) is 6.33 Å². The van der Waals surface area contributed by atoms with Crippen LogP contribution in [-0.2, 0) is 4.79 Å². The third kappa shape index (κ3) is 1.99. The largest absolute Gasteiger partial charge is 0.292 e.